The van der Waals surface area contributed by atoms with Gasteiger partial charge in [-0.2, -0.15) is 10.1 Å². The maximum Gasteiger partial charge on any atom is 0.265 e. The van der Waals surface area contributed by atoms with E-state index in [0.717, 1.165) is 34.4 Å². The Kier molecular flexibility index (Phi) is 6.57. The third-order valence-electron chi connectivity index (χ3n) is 6.92. The normalized spacial score (nSPS) is 15.8. The smallest absolute Gasteiger partial charge is 0.265 e. The molecule has 4 rings (SSSR count). The third-order valence-corrected chi connectivity index (χ3v) is 6.92. The number of aryl methyl sites for hydroxylation is 2. The highest BCUT2D eigenvalue weighted by Gasteiger charge is 2.40. The third kappa shape index (κ3) is 4.74. The zero-order valence-corrected chi connectivity index (χ0v) is 21.2. The predicted molar refractivity (Wildman–Crippen MR) is 142 cm³/mol. The highest BCUT2D eigenvalue weighted by atomic mass is 16.2. The first-order valence-corrected chi connectivity index (χ1v) is 12.0. The van der Waals surface area contributed by atoms with Crippen molar-refractivity contribution in [3.05, 3.63) is 77.5 Å². The highest BCUT2D eigenvalue weighted by Crippen LogP contribution is 2.32. The molecule has 0 fully saturated rings. The average Bonchev–Trinajstić information content (AvgIpc) is 3.14. The molecule has 6 nitrogen and oxygen atoms in total. The van der Waals surface area contributed by atoms with Gasteiger partial charge >= 0.3 is 0 Å². The molecule has 2 amide bonds. The van der Waals surface area contributed by atoms with E-state index in [4.69, 9.17) is 0 Å². The Bertz CT molecular complexity index is 1330. The fourth-order valence-electron chi connectivity index (χ4n) is 4.25. The van der Waals surface area contributed by atoms with E-state index in [-0.39, 0.29) is 17.2 Å². The molecule has 0 spiro atoms. The van der Waals surface area contributed by atoms with Gasteiger partial charge in [0.1, 0.15) is 0 Å². The van der Waals surface area contributed by atoms with Crippen molar-refractivity contribution in [3.8, 4) is 11.3 Å². The van der Waals surface area contributed by atoms with Crippen LogP contribution >= 0.6 is 0 Å². The van der Waals surface area contributed by atoms with Gasteiger partial charge in [0.05, 0.1) is 17.1 Å². The maximum absolute atomic E-state index is 13.4. The SMILES string of the molecule is CCC(C)(C)c1cccc(NC(=O)C2C(=O)N(c3ccc(C)c(-c4ncccc4C)c3)N=C2C)c1. The van der Waals surface area contributed by atoms with Crippen LogP contribution in [0.3, 0.4) is 0 Å². The lowest BCUT2D eigenvalue weighted by Crippen LogP contribution is -2.36. The van der Waals surface area contributed by atoms with E-state index in [9.17, 15) is 9.59 Å². The second-order valence-electron chi connectivity index (χ2n) is 9.80. The van der Waals surface area contributed by atoms with Crippen LogP contribution in [-0.4, -0.2) is 22.5 Å². The summed E-state index contributed by atoms with van der Waals surface area (Å²) < 4.78 is 0. The number of carbonyl (C=O) groups is 2. The lowest BCUT2D eigenvalue weighted by Gasteiger charge is -2.24. The van der Waals surface area contributed by atoms with Crippen LogP contribution < -0.4 is 10.3 Å². The van der Waals surface area contributed by atoms with Crippen molar-refractivity contribution >= 4 is 28.9 Å². The number of aromatic nitrogens is 1. The molecule has 1 aliphatic rings. The van der Waals surface area contributed by atoms with E-state index in [1.165, 1.54) is 5.01 Å². The molecule has 35 heavy (non-hydrogen) atoms. The Hall–Kier alpha value is -3.80. The van der Waals surface area contributed by atoms with Crippen molar-refractivity contribution in [1.82, 2.24) is 4.98 Å². The largest absolute Gasteiger partial charge is 0.325 e. The summed E-state index contributed by atoms with van der Waals surface area (Å²) in [6, 6.07) is 17.4. The summed E-state index contributed by atoms with van der Waals surface area (Å²) in [6.45, 7) is 12.2. The van der Waals surface area contributed by atoms with Gasteiger partial charge in [-0.05, 0) is 79.6 Å². The summed E-state index contributed by atoms with van der Waals surface area (Å²) in [6.07, 6.45) is 2.73. The second-order valence-corrected chi connectivity index (χ2v) is 9.80. The first-order valence-electron chi connectivity index (χ1n) is 12.0. The molecule has 1 N–H and O–H groups in total. The topological polar surface area (TPSA) is 74.7 Å². The summed E-state index contributed by atoms with van der Waals surface area (Å²) in [7, 11) is 0. The van der Waals surface area contributed by atoms with Crippen LogP contribution in [0.4, 0.5) is 11.4 Å². The first-order chi connectivity index (χ1) is 16.6. The number of pyridine rings is 1. The lowest BCUT2D eigenvalue weighted by atomic mass is 9.82. The number of amides is 2. The summed E-state index contributed by atoms with van der Waals surface area (Å²) in [5, 5.41) is 8.72. The lowest BCUT2D eigenvalue weighted by molar-refractivity contribution is -0.127. The molecule has 1 atom stereocenters. The molecule has 0 radical (unpaired) electrons. The molecule has 6 heteroatoms. The van der Waals surface area contributed by atoms with Crippen LogP contribution in [0.25, 0.3) is 11.3 Å². The fourth-order valence-corrected chi connectivity index (χ4v) is 4.25. The van der Waals surface area contributed by atoms with Crippen molar-refractivity contribution in [2.75, 3.05) is 10.3 Å². The van der Waals surface area contributed by atoms with Crippen molar-refractivity contribution in [3.63, 3.8) is 0 Å². The zero-order chi connectivity index (χ0) is 25.3. The summed E-state index contributed by atoms with van der Waals surface area (Å²) in [5.41, 5.74) is 6.78. The quantitative estimate of drug-likeness (QED) is 0.449. The maximum atomic E-state index is 13.4. The molecule has 3 aromatic rings. The monoisotopic (exact) mass is 468 g/mol. The molecule has 1 aliphatic heterocycles. The number of hydrazone groups is 1. The number of hydrogen-bond acceptors (Lipinski definition) is 4. The van der Waals surface area contributed by atoms with Gasteiger partial charge in [-0.15, -0.1) is 0 Å². The molecule has 0 saturated carbocycles. The van der Waals surface area contributed by atoms with E-state index >= 15 is 0 Å². The van der Waals surface area contributed by atoms with Gasteiger partial charge in [0.2, 0.25) is 5.91 Å². The fraction of sp³-hybridized carbons (Fsp3) is 0.310. The number of anilines is 2. The summed E-state index contributed by atoms with van der Waals surface area (Å²) >= 11 is 0. The number of benzene rings is 2. The van der Waals surface area contributed by atoms with E-state index in [1.807, 2.05) is 62.4 Å². The van der Waals surface area contributed by atoms with E-state index in [2.05, 4.69) is 42.2 Å². The van der Waals surface area contributed by atoms with Crippen molar-refractivity contribution in [2.24, 2.45) is 11.0 Å². The minimum absolute atomic E-state index is 0.00674. The number of hydrogen-bond donors (Lipinski definition) is 1. The van der Waals surface area contributed by atoms with Gasteiger partial charge in [-0.1, -0.05) is 45.0 Å². The minimum Gasteiger partial charge on any atom is -0.325 e. The number of carbonyl (C=O) groups excluding carboxylic acids is 2. The first kappa shape index (κ1) is 24.3. The average molecular weight is 469 g/mol. The van der Waals surface area contributed by atoms with Gasteiger partial charge in [0, 0.05) is 17.4 Å². The van der Waals surface area contributed by atoms with Crippen LogP contribution in [0.15, 0.2) is 65.9 Å². The molecule has 0 saturated heterocycles. The molecular formula is C29H32N4O2. The molecule has 2 heterocycles. The highest BCUT2D eigenvalue weighted by molar-refractivity contribution is 6.28. The molecule has 2 aromatic carbocycles. The molecule has 180 valence electrons. The van der Waals surface area contributed by atoms with Crippen LogP contribution in [0.1, 0.15) is 50.8 Å². The Labute approximate surface area is 207 Å². The minimum atomic E-state index is -0.973. The molecule has 1 unspecified atom stereocenters. The van der Waals surface area contributed by atoms with Crippen LogP contribution in [0.5, 0.6) is 0 Å². The van der Waals surface area contributed by atoms with Crippen LogP contribution in [0, 0.1) is 19.8 Å². The zero-order valence-electron chi connectivity index (χ0n) is 21.2. The van der Waals surface area contributed by atoms with Crippen molar-refractivity contribution < 1.29 is 9.59 Å². The number of nitrogens with one attached hydrogen (secondary N) is 1. The second kappa shape index (κ2) is 9.45. The Morgan fingerprint density at radius 3 is 2.51 bits per heavy atom. The van der Waals surface area contributed by atoms with Crippen LogP contribution in [0.2, 0.25) is 0 Å². The molecule has 0 bridgehead atoms. The van der Waals surface area contributed by atoms with Gasteiger partial charge in [-0.3, -0.25) is 14.6 Å². The van der Waals surface area contributed by atoms with E-state index in [1.54, 1.807) is 13.1 Å². The predicted octanol–water partition coefficient (Wildman–Crippen LogP) is 6.03. The summed E-state index contributed by atoms with van der Waals surface area (Å²) in [5.74, 6) is -1.71. The Morgan fingerprint density at radius 1 is 1.03 bits per heavy atom. The molecule has 1 aromatic heterocycles. The summed E-state index contributed by atoms with van der Waals surface area (Å²) in [4.78, 5) is 31.1. The Balaban J connectivity index is 1.58. The number of rotatable bonds is 6. The molecular weight excluding hydrogens is 436 g/mol. The van der Waals surface area contributed by atoms with Gasteiger partial charge < -0.3 is 5.32 Å². The van der Waals surface area contributed by atoms with E-state index in [0.29, 0.717) is 17.1 Å². The standard InChI is InChI=1S/C29H32N4O2/c1-7-29(5,6)21-11-8-12-22(16-21)31-27(34)25-20(4)32-33(28(25)35)23-14-13-18(2)24(17-23)26-19(3)10-9-15-30-26/h8-17,25H,7H2,1-6H3,(H,31,34). The van der Waals surface area contributed by atoms with Gasteiger partial charge in [0.15, 0.2) is 5.92 Å². The van der Waals surface area contributed by atoms with E-state index < -0.39 is 5.92 Å². The van der Waals surface area contributed by atoms with Gasteiger partial charge in [-0.25, -0.2) is 0 Å². The van der Waals surface area contributed by atoms with Crippen LogP contribution in [-0.2, 0) is 15.0 Å². The van der Waals surface area contributed by atoms with Crippen molar-refractivity contribution in [2.45, 2.75) is 53.4 Å². The Morgan fingerprint density at radius 2 is 1.80 bits per heavy atom. The van der Waals surface area contributed by atoms with Gasteiger partial charge in [0.25, 0.3) is 5.91 Å². The molecule has 0 aliphatic carbocycles. The van der Waals surface area contributed by atoms with Crippen molar-refractivity contribution in [1.29, 1.82) is 0 Å². The number of nitrogens with zero attached hydrogens (tertiary/aromatic N) is 3.